The normalized spacial score (nSPS) is 23.9. The fourth-order valence-electron chi connectivity index (χ4n) is 3.27. The topological polar surface area (TPSA) is 57.7 Å². The Morgan fingerprint density at radius 1 is 1.14 bits per heavy atom. The molecule has 1 unspecified atom stereocenters. The van der Waals surface area contributed by atoms with Gasteiger partial charge in [-0.1, -0.05) is 0 Å². The number of amides is 1. The molecular weight excluding hydrogens is 320 g/mol. The molecule has 1 aromatic heterocycles. The van der Waals surface area contributed by atoms with Crippen LogP contribution in [0.3, 0.4) is 0 Å². The van der Waals surface area contributed by atoms with Crippen LogP contribution in [0.5, 0.6) is 0 Å². The molecule has 0 radical (unpaired) electrons. The summed E-state index contributed by atoms with van der Waals surface area (Å²) in [6.45, 7) is 3.87. The average Bonchev–Trinajstić information content (AvgIpc) is 3.16. The molecule has 5 nitrogen and oxygen atoms in total. The Morgan fingerprint density at radius 3 is 2.50 bits per heavy atom. The highest BCUT2D eigenvalue weighted by Crippen LogP contribution is 2.31. The summed E-state index contributed by atoms with van der Waals surface area (Å²) in [6.07, 6.45) is 4.60. The molecule has 3 heterocycles. The number of carbonyl (C=O) groups excluding carboxylic acids is 1. The van der Waals surface area contributed by atoms with Gasteiger partial charge in [0, 0.05) is 24.5 Å². The first-order valence-corrected chi connectivity index (χ1v) is 10.1. The summed E-state index contributed by atoms with van der Waals surface area (Å²) in [5, 5.41) is 0. The van der Waals surface area contributed by atoms with Crippen molar-refractivity contribution in [1.29, 1.82) is 0 Å². The Hall–Kier alpha value is -0.920. The Labute approximate surface area is 136 Å². The summed E-state index contributed by atoms with van der Waals surface area (Å²) >= 11 is 1.28. The SMILES string of the molecule is Cc1ccc(S(=O)(=O)N2CCCC2C(=O)N2CCCCC2)s1. The van der Waals surface area contributed by atoms with E-state index in [2.05, 4.69) is 0 Å². The van der Waals surface area contributed by atoms with Crippen molar-refractivity contribution in [3.8, 4) is 0 Å². The van der Waals surface area contributed by atoms with E-state index in [0.29, 0.717) is 17.2 Å². The van der Waals surface area contributed by atoms with E-state index in [4.69, 9.17) is 0 Å². The van der Waals surface area contributed by atoms with Crippen molar-refractivity contribution in [2.24, 2.45) is 0 Å². The Morgan fingerprint density at radius 2 is 1.86 bits per heavy atom. The minimum atomic E-state index is -3.55. The number of rotatable bonds is 3. The van der Waals surface area contributed by atoms with Gasteiger partial charge in [0.2, 0.25) is 5.91 Å². The Balaban J connectivity index is 1.82. The van der Waals surface area contributed by atoms with Crippen molar-refractivity contribution < 1.29 is 13.2 Å². The first kappa shape index (κ1) is 16.0. The van der Waals surface area contributed by atoms with E-state index in [1.807, 2.05) is 17.9 Å². The van der Waals surface area contributed by atoms with Crippen LogP contribution < -0.4 is 0 Å². The quantitative estimate of drug-likeness (QED) is 0.846. The maximum Gasteiger partial charge on any atom is 0.253 e. The maximum atomic E-state index is 12.8. The molecule has 0 saturated carbocycles. The number of sulfonamides is 1. The summed E-state index contributed by atoms with van der Waals surface area (Å²) in [4.78, 5) is 15.5. The molecule has 0 spiro atoms. The van der Waals surface area contributed by atoms with E-state index in [1.54, 1.807) is 6.07 Å². The van der Waals surface area contributed by atoms with Crippen LogP contribution in [-0.2, 0) is 14.8 Å². The van der Waals surface area contributed by atoms with E-state index < -0.39 is 16.1 Å². The number of aryl methyl sites for hydroxylation is 1. The second-order valence-electron chi connectivity index (χ2n) is 6.02. The van der Waals surface area contributed by atoms with Crippen LogP contribution in [0.25, 0.3) is 0 Å². The number of hydrogen-bond donors (Lipinski definition) is 0. The van der Waals surface area contributed by atoms with E-state index in [9.17, 15) is 13.2 Å². The Bertz CT molecular complexity index is 647. The smallest absolute Gasteiger partial charge is 0.253 e. The molecule has 2 aliphatic heterocycles. The highest BCUT2D eigenvalue weighted by atomic mass is 32.2. The van der Waals surface area contributed by atoms with E-state index in [-0.39, 0.29) is 5.91 Å². The van der Waals surface area contributed by atoms with Gasteiger partial charge in [-0.2, -0.15) is 4.31 Å². The monoisotopic (exact) mass is 342 g/mol. The van der Waals surface area contributed by atoms with Crippen LogP contribution >= 0.6 is 11.3 Å². The van der Waals surface area contributed by atoms with Crippen molar-refractivity contribution in [3.63, 3.8) is 0 Å². The van der Waals surface area contributed by atoms with Gasteiger partial charge < -0.3 is 4.90 Å². The summed E-state index contributed by atoms with van der Waals surface area (Å²) in [7, 11) is -3.55. The number of nitrogens with zero attached hydrogens (tertiary/aromatic N) is 2. The lowest BCUT2D eigenvalue weighted by atomic mass is 10.1. The molecule has 0 aromatic carbocycles. The molecular formula is C15H22N2O3S2. The molecule has 0 N–H and O–H groups in total. The van der Waals surface area contributed by atoms with Crippen molar-refractivity contribution in [2.75, 3.05) is 19.6 Å². The summed E-state index contributed by atoms with van der Waals surface area (Å²) < 4.78 is 27.4. The van der Waals surface area contributed by atoms with E-state index in [0.717, 1.165) is 43.6 Å². The molecule has 1 aromatic rings. The third kappa shape index (κ3) is 2.94. The van der Waals surface area contributed by atoms with Crippen LogP contribution in [0.15, 0.2) is 16.3 Å². The Kier molecular flexibility index (Phi) is 4.56. The number of hydrogen-bond acceptors (Lipinski definition) is 4. The second kappa shape index (κ2) is 6.29. The van der Waals surface area contributed by atoms with Crippen molar-refractivity contribution >= 4 is 27.3 Å². The fourth-order valence-corrected chi connectivity index (χ4v) is 6.33. The van der Waals surface area contributed by atoms with E-state index in [1.165, 1.54) is 15.6 Å². The fraction of sp³-hybridized carbons (Fsp3) is 0.667. The average molecular weight is 342 g/mol. The minimum absolute atomic E-state index is 0.00551. The highest BCUT2D eigenvalue weighted by Gasteiger charge is 2.41. The molecule has 122 valence electrons. The molecule has 1 amide bonds. The molecule has 7 heteroatoms. The van der Waals surface area contributed by atoms with Gasteiger partial charge in [0.1, 0.15) is 10.3 Å². The maximum absolute atomic E-state index is 12.8. The lowest BCUT2D eigenvalue weighted by Crippen LogP contribution is -2.49. The zero-order valence-electron chi connectivity index (χ0n) is 12.8. The van der Waals surface area contributed by atoms with E-state index >= 15 is 0 Å². The zero-order chi connectivity index (χ0) is 15.7. The lowest BCUT2D eigenvalue weighted by Gasteiger charge is -2.32. The van der Waals surface area contributed by atoms with Crippen LogP contribution in [0.4, 0.5) is 0 Å². The predicted octanol–water partition coefficient (Wildman–Crippen LogP) is 2.22. The largest absolute Gasteiger partial charge is 0.341 e. The van der Waals surface area contributed by atoms with Gasteiger partial charge in [0.15, 0.2) is 0 Å². The number of thiophene rings is 1. The summed E-state index contributed by atoms with van der Waals surface area (Å²) in [5.41, 5.74) is 0. The van der Waals surface area contributed by atoms with Gasteiger partial charge in [-0.05, 0) is 51.2 Å². The molecule has 2 aliphatic rings. The molecule has 2 saturated heterocycles. The zero-order valence-corrected chi connectivity index (χ0v) is 14.5. The van der Waals surface area contributed by atoms with Gasteiger partial charge >= 0.3 is 0 Å². The van der Waals surface area contributed by atoms with Gasteiger partial charge in [-0.15, -0.1) is 11.3 Å². The van der Waals surface area contributed by atoms with Crippen LogP contribution in [0.2, 0.25) is 0 Å². The first-order valence-electron chi connectivity index (χ1n) is 7.87. The van der Waals surface area contributed by atoms with Gasteiger partial charge in [-0.3, -0.25) is 4.79 Å². The van der Waals surface area contributed by atoms with Crippen molar-refractivity contribution in [1.82, 2.24) is 9.21 Å². The minimum Gasteiger partial charge on any atom is -0.341 e. The number of likely N-dealkylation sites (tertiary alicyclic amines) is 1. The molecule has 1 atom stereocenters. The molecule has 0 bridgehead atoms. The number of carbonyl (C=O) groups is 1. The van der Waals surface area contributed by atoms with Crippen LogP contribution in [0.1, 0.15) is 37.0 Å². The highest BCUT2D eigenvalue weighted by molar-refractivity contribution is 7.91. The first-order chi connectivity index (χ1) is 10.5. The summed E-state index contributed by atoms with van der Waals surface area (Å²) in [6, 6.07) is 2.95. The molecule has 2 fully saturated rings. The lowest BCUT2D eigenvalue weighted by molar-refractivity contribution is -0.135. The van der Waals surface area contributed by atoms with Gasteiger partial charge in [0.05, 0.1) is 0 Å². The number of piperidine rings is 1. The standard InChI is InChI=1S/C15H22N2O3S2/c1-12-7-8-14(21-12)22(19,20)17-11-5-6-13(17)15(18)16-9-3-2-4-10-16/h7-8,13H,2-6,9-11H2,1H3. The molecule has 22 heavy (non-hydrogen) atoms. The second-order valence-corrected chi connectivity index (χ2v) is 9.43. The molecule has 3 rings (SSSR count). The third-order valence-corrected chi connectivity index (χ3v) is 7.81. The van der Waals surface area contributed by atoms with Crippen LogP contribution in [0, 0.1) is 6.92 Å². The predicted molar refractivity (Wildman–Crippen MR) is 86.4 cm³/mol. The molecule has 0 aliphatic carbocycles. The van der Waals surface area contributed by atoms with Gasteiger partial charge in [0.25, 0.3) is 10.0 Å². The third-order valence-electron chi connectivity index (χ3n) is 4.44. The van der Waals surface area contributed by atoms with Crippen molar-refractivity contribution in [3.05, 3.63) is 17.0 Å². The van der Waals surface area contributed by atoms with Crippen LogP contribution in [-0.4, -0.2) is 49.2 Å². The van der Waals surface area contributed by atoms with Gasteiger partial charge in [-0.25, -0.2) is 8.42 Å². The van der Waals surface area contributed by atoms with Crippen molar-refractivity contribution in [2.45, 2.75) is 49.3 Å². The summed E-state index contributed by atoms with van der Waals surface area (Å²) in [5.74, 6) is -0.00551.